The predicted molar refractivity (Wildman–Crippen MR) is 97.2 cm³/mol. The van der Waals surface area contributed by atoms with Crippen molar-refractivity contribution in [3.8, 4) is 0 Å². The highest BCUT2D eigenvalue weighted by Crippen LogP contribution is 2.13. The Morgan fingerprint density at radius 2 is 1.96 bits per heavy atom. The molecule has 1 aliphatic rings. The Labute approximate surface area is 153 Å². The number of aromatic nitrogens is 3. The van der Waals surface area contributed by atoms with Gasteiger partial charge in [-0.3, -0.25) is 9.59 Å². The Hall–Kier alpha value is -2.70. The summed E-state index contributed by atoms with van der Waals surface area (Å²) >= 11 is 0. The molecule has 0 spiro atoms. The summed E-state index contributed by atoms with van der Waals surface area (Å²) in [5, 5.41) is 4.45. The first-order valence-electron chi connectivity index (χ1n) is 9.14. The summed E-state index contributed by atoms with van der Waals surface area (Å²) in [5.41, 5.74) is 6.39. The Morgan fingerprint density at radius 1 is 1.15 bits per heavy atom. The van der Waals surface area contributed by atoms with Crippen LogP contribution in [0.3, 0.4) is 0 Å². The van der Waals surface area contributed by atoms with Crippen LogP contribution in [0.25, 0.3) is 0 Å². The molecule has 1 aliphatic heterocycles. The Kier molecular flexibility index (Phi) is 5.99. The highest BCUT2D eigenvalue weighted by molar-refractivity contribution is 5.76. The van der Waals surface area contributed by atoms with Crippen LogP contribution in [-0.4, -0.2) is 44.6 Å². The minimum Gasteiger partial charge on any atom is -0.369 e. The van der Waals surface area contributed by atoms with Gasteiger partial charge in [0.2, 0.25) is 11.8 Å². The zero-order valence-electron chi connectivity index (χ0n) is 14.9. The molecule has 0 bridgehead atoms. The lowest BCUT2D eigenvalue weighted by Gasteiger charge is -2.20. The zero-order chi connectivity index (χ0) is 18.4. The molecule has 0 atom stereocenters. The van der Waals surface area contributed by atoms with E-state index in [1.54, 1.807) is 0 Å². The molecule has 2 aromatic rings. The van der Waals surface area contributed by atoms with Crippen molar-refractivity contribution in [2.24, 2.45) is 5.73 Å². The molecule has 26 heavy (non-hydrogen) atoms. The monoisotopic (exact) mass is 355 g/mol. The van der Waals surface area contributed by atoms with Crippen molar-refractivity contribution in [1.82, 2.24) is 19.7 Å². The average Bonchev–Trinajstić information content (AvgIpc) is 2.85. The molecule has 7 heteroatoms. The molecule has 7 nitrogen and oxygen atoms in total. The lowest BCUT2D eigenvalue weighted by Crippen LogP contribution is -2.32. The minimum atomic E-state index is -0.448. The Bertz CT molecular complexity index is 757. The van der Waals surface area contributed by atoms with Crippen LogP contribution in [0.1, 0.15) is 42.9 Å². The Morgan fingerprint density at radius 3 is 2.73 bits per heavy atom. The summed E-state index contributed by atoms with van der Waals surface area (Å²) in [6.45, 7) is 2.01. The van der Waals surface area contributed by atoms with Crippen molar-refractivity contribution in [1.29, 1.82) is 0 Å². The largest absolute Gasteiger partial charge is 0.369 e. The number of likely N-dealkylation sites (tertiary alicyclic amines) is 1. The first-order valence-corrected chi connectivity index (χ1v) is 9.14. The van der Waals surface area contributed by atoms with Crippen LogP contribution in [0.4, 0.5) is 0 Å². The van der Waals surface area contributed by atoms with Gasteiger partial charge in [0.1, 0.15) is 5.82 Å². The summed E-state index contributed by atoms with van der Waals surface area (Å²) in [7, 11) is 0. The molecule has 2 heterocycles. The molecule has 1 aromatic carbocycles. The molecule has 1 aromatic heterocycles. The number of hydrogen-bond acceptors (Lipinski definition) is 4. The number of nitrogens with zero attached hydrogens (tertiary/aromatic N) is 4. The van der Waals surface area contributed by atoms with Crippen LogP contribution in [0.5, 0.6) is 0 Å². The smallest absolute Gasteiger partial charge is 0.225 e. The van der Waals surface area contributed by atoms with Gasteiger partial charge in [0.05, 0.1) is 13.0 Å². The second-order valence-electron chi connectivity index (χ2n) is 6.67. The first-order chi connectivity index (χ1) is 12.6. The van der Waals surface area contributed by atoms with E-state index in [0.717, 1.165) is 37.2 Å². The maximum atomic E-state index is 12.2. The van der Waals surface area contributed by atoms with Gasteiger partial charge < -0.3 is 10.6 Å². The predicted octanol–water partition coefficient (Wildman–Crippen LogP) is 1.30. The molecule has 138 valence electrons. The molecule has 3 rings (SSSR count). The summed E-state index contributed by atoms with van der Waals surface area (Å²) in [4.78, 5) is 29.8. The highest BCUT2D eigenvalue weighted by atomic mass is 16.2. The standard InChI is InChI=1S/C19H25N5O2/c20-16(25)13-17-21-18(10-12-23-11-6-2-5-9-19(23)26)24(22-17)14-15-7-3-1-4-8-15/h1,3-4,7-8H,2,5-6,9-14H2,(H2,20,25). The van der Waals surface area contributed by atoms with Crippen molar-refractivity contribution in [2.45, 2.75) is 45.1 Å². The quantitative estimate of drug-likeness (QED) is 0.810. The number of amides is 2. The fourth-order valence-corrected chi connectivity index (χ4v) is 3.23. The fraction of sp³-hybridized carbons (Fsp3) is 0.474. The Balaban J connectivity index is 1.74. The van der Waals surface area contributed by atoms with Crippen LogP contribution < -0.4 is 5.73 Å². The second-order valence-corrected chi connectivity index (χ2v) is 6.67. The van der Waals surface area contributed by atoms with E-state index in [9.17, 15) is 9.59 Å². The minimum absolute atomic E-state index is 0.0252. The summed E-state index contributed by atoms with van der Waals surface area (Å²) < 4.78 is 1.82. The van der Waals surface area contributed by atoms with E-state index in [4.69, 9.17) is 5.73 Å². The van der Waals surface area contributed by atoms with Crippen molar-refractivity contribution >= 4 is 11.8 Å². The number of nitrogens with two attached hydrogens (primary N) is 1. The molecule has 1 fully saturated rings. The maximum absolute atomic E-state index is 12.2. The molecule has 0 saturated carbocycles. The van der Waals surface area contributed by atoms with Crippen molar-refractivity contribution in [3.05, 3.63) is 47.5 Å². The van der Waals surface area contributed by atoms with Crippen LogP contribution in [-0.2, 0) is 29.0 Å². The number of primary amides is 1. The lowest BCUT2D eigenvalue weighted by atomic mass is 10.2. The van der Waals surface area contributed by atoms with Gasteiger partial charge >= 0.3 is 0 Å². The fourth-order valence-electron chi connectivity index (χ4n) is 3.23. The summed E-state index contributed by atoms with van der Waals surface area (Å²) in [5.74, 6) is 0.984. The molecule has 0 radical (unpaired) electrons. The van der Waals surface area contributed by atoms with Crippen LogP contribution in [0.15, 0.2) is 30.3 Å². The van der Waals surface area contributed by atoms with E-state index >= 15 is 0 Å². The SMILES string of the molecule is NC(=O)Cc1nc(CCN2CCCCCC2=O)n(Cc2ccccc2)n1. The first kappa shape index (κ1) is 18.1. The number of rotatable bonds is 7. The van der Waals surface area contributed by atoms with Crippen molar-refractivity contribution < 1.29 is 9.59 Å². The molecule has 2 N–H and O–H groups in total. The van der Waals surface area contributed by atoms with Gasteiger partial charge in [-0.1, -0.05) is 36.8 Å². The van der Waals surface area contributed by atoms with Gasteiger partial charge in [-0.25, -0.2) is 9.67 Å². The number of hydrogen-bond donors (Lipinski definition) is 1. The molecule has 1 saturated heterocycles. The van der Waals surface area contributed by atoms with Gasteiger partial charge in [0, 0.05) is 25.9 Å². The van der Waals surface area contributed by atoms with Gasteiger partial charge in [-0.2, -0.15) is 5.10 Å². The van der Waals surface area contributed by atoms with E-state index in [1.807, 2.05) is 39.9 Å². The number of carbonyl (C=O) groups excluding carboxylic acids is 2. The van der Waals surface area contributed by atoms with E-state index in [2.05, 4.69) is 10.1 Å². The van der Waals surface area contributed by atoms with Gasteiger partial charge in [-0.15, -0.1) is 0 Å². The third-order valence-corrected chi connectivity index (χ3v) is 4.58. The third kappa shape index (κ3) is 4.91. The molecular formula is C19H25N5O2. The number of benzene rings is 1. The summed E-state index contributed by atoms with van der Waals surface area (Å²) in [6, 6.07) is 9.97. The zero-order valence-corrected chi connectivity index (χ0v) is 14.9. The average molecular weight is 355 g/mol. The lowest BCUT2D eigenvalue weighted by molar-refractivity contribution is -0.130. The molecule has 0 aliphatic carbocycles. The van der Waals surface area contributed by atoms with Crippen molar-refractivity contribution in [3.63, 3.8) is 0 Å². The van der Waals surface area contributed by atoms with Crippen LogP contribution >= 0.6 is 0 Å². The molecule has 2 amide bonds. The highest BCUT2D eigenvalue weighted by Gasteiger charge is 2.18. The van der Waals surface area contributed by atoms with E-state index in [-0.39, 0.29) is 12.3 Å². The van der Waals surface area contributed by atoms with Crippen molar-refractivity contribution in [2.75, 3.05) is 13.1 Å². The van der Waals surface area contributed by atoms with E-state index in [1.165, 1.54) is 0 Å². The topological polar surface area (TPSA) is 94.1 Å². The van der Waals surface area contributed by atoms with Gasteiger partial charge in [0.15, 0.2) is 5.82 Å². The van der Waals surface area contributed by atoms with E-state index < -0.39 is 5.91 Å². The second kappa shape index (κ2) is 8.60. The van der Waals surface area contributed by atoms with Gasteiger partial charge in [-0.05, 0) is 18.4 Å². The molecular weight excluding hydrogens is 330 g/mol. The summed E-state index contributed by atoms with van der Waals surface area (Å²) in [6.07, 6.45) is 4.40. The van der Waals surface area contributed by atoms with Crippen LogP contribution in [0, 0.1) is 0 Å². The van der Waals surface area contributed by atoms with E-state index in [0.29, 0.717) is 31.8 Å². The maximum Gasteiger partial charge on any atom is 0.225 e. The third-order valence-electron chi connectivity index (χ3n) is 4.58. The number of carbonyl (C=O) groups is 2. The van der Waals surface area contributed by atoms with Gasteiger partial charge in [0.25, 0.3) is 0 Å². The normalized spacial score (nSPS) is 15.1. The van der Waals surface area contributed by atoms with Crippen LogP contribution in [0.2, 0.25) is 0 Å². The molecule has 0 unspecified atom stereocenters.